The van der Waals surface area contributed by atoms with Crippen LogP contribution in [-0.4, -0.2) is 23.3 Å². The third-order valence-electron chi connectivity index (χ3n) is 2.69. The molecule has 0 spiro atoms. The molecule has 0 aliphatic rings. The number of pyridine rings is 1. The van der Waals surface area contributed by atoms with Crippen LogP contribution >= 0.6 is 0 Å². The van der Waals surface area contributed by atoms with Gasteiger partial charge in [0.15, 0.2) is 0 Å². The van der Waals surface area contributed by atoms with Gasteiger partial charge in [-0.2, -0.15) is 0 Å². The fourth-order valence-corrected chi connectivity index (χ4v) is 1.75. The minimum atomic E-state index is -0.493. The van der Waals surface area contributed by atoms with Crippen molar-refractivity contribution in [2.24, 2.45) is 0 Å². The summed E-state index contributed by atoms with van der Waals surface area (Å²) in [5.41, 5.74) is 0.389. The van der Waals surface area contributed by atoms with Gasteiger partial charge in [0.25, 0.3) is 5.91 Å². The first-order chi connectivity index (χ1) is 9.95. The van der Waals surface area contributed by atoms with E-state index in [9.17, 15) is 14.0 Å². The number of aromatic nitrogens is 1. The topological polar surface area (TPSA) is 84.2 Å². The largest absolute Gasteiger partial charge is 0.466 e. The van der Waals surface area contributed by atoms with Crippen LogP contribution < -0.4 is 10.6 Å². The SMILES string of the molecule is Cc1cc(C(=O)NCC(=O)Nc2ccc(F)cn2)c(C)o1. The van der Waals surface area contributed by atoms with E-state index >= 15 is 0 Å². The van der Waals surface area contributed by atoms with Crippen molar-refractivity contribution in [1.29, 1.82) is 0 Å². The van der Waals surface area contributed by atoms with E-state index in [1.807, 2.05) is 0 Å². The van der Waals surface area contributed by atoms with Crippen molar-refractivity contribution < 1.29 is 18.4 Å². The van der Waals surface area contributed by atoms with Gasteiger partial charge in [-0.3, -0.25) is 9.59 Å². The molecule has 0 atom stereocenters. The summed E-state index contributed by atoms with van der Waals surface area (Å²) >= 11 is 0. The molecule has 2 N–H and O–H groups in total. The van der Waals surface area contributed by atoms with E-state index in [2.05, 4.69) is 15.6 Å². The molecule has 0 unspecified atom stereocenters. The Kier molecular flexibility index (Phi) is 4.32. The molecule has 0 bridgehead atoms. The van der Waals surface area contributed by atoms with Gasteiger partial charge in [0, 0.05) is 0 Å². The summed E-state index contributed by atoms with van der Waals surface area (Å²) in [6.45, 7) is 3.18. The molecular formula is C14H14FN3O3. The summed E-state index contributed by atoms with van der Waals surface area (Å²) in [7, 11) is 0. The number of carbonyl (C=O) groups excluding carboxylic acids is 2. The molecule has 7 heteroatoms. The van der Waals surface area contributed by atoms with E-state index in [4.69, 9.17) is 4.42 Å². The Hall–Kier alpha value is -2.70. The fraction of sp³-hybridized carbons (Fsp3) is 0.214. The summed E-state index contributed by atoms with van der Waals surface area (Å²) in [4.78, 5) is 27.2. The number of anilines is 1. The minimum Gasteiger partial charge on any atom is -0.466 e. The number of hydrogen-bond acceptors (Lipinski definition) is 4. The normalized spacial score (nSPS) is 10.2. The van der Waals surface area contributed by atoms with Crippen LogP contribution in [0.3, 0.4) is 0 Å². The Morgan fingerprint density at radius 1 is 1.33 bits per heavy atom. The average molecular weight is 291 g/mol. The van der Waals surface area contributed by atoms with E-state index in [1.54, 1.807) is 19.9 Å². The highest BCUT2D eigenvalue weighted by atomic mass is 19.1. The zero-order chi connectivity index (χ0) is 15.4. The van der Waals surface area contributed by atoms with Crippen LogP contribution in [-0.2, 0) is 4.79 Å². The molecule has 2 rings (SSSR count). The molecule has 0 radical (unpaired) electrons. The third-order valence-corrected chi connectivity index (χ3v) is 2.69. The van der Waals surface area contributed by atoms with Crippen molar-refractivity contribution in [2.75, 3.05) is 11.9 Å². The van der Waals surface area contributed by atoms with Crippen molar-refractivity contribution in [3.8, 4) is 0 Å². The number of rotatable bonds is 4. The highest BCUT2D eigenvalue weighted by Gasteiger charge is 2.14. The number of amides is 2. The number of halogens is 1. The van der Waals surface area contributed by atoms with Crippen LogP contribution in [0, 0.1) is 19.7 Å². The van der Waals surface area contributed by atoms with Crippen LogP contribution in [0.15, 0.2) is 28.8 Å². The number of nitrogens with one attached hydrogen (secondary N) is 2. The number of aryl methyl sites for hydroxylation is 2. The van der Waals surface area contributed by atoms with Crippen LogP contribution in [0.4, 0.5) is 10.2 Å². The first kappa shape index (κ1) is 14.7. The molecule has 0 saturated heterocycles. The van der Waals surface area contributed by atoms with Crippen molar-refractivity contribution in [3.63, 3.8) is 0 Å². The lowest BCUT2D eigenvalue weighted by Crippen LogP contribution is -2.33. The molecule has 2 amide bonds. The molecular weight excluding hydrogens is 277 g/mol. The third kappa shape index (κ3) is 3.88. The monoisotopic (exact) mass is 291 g/mol. The highest BCUT2D eigenvalue weighted by molar-refractivity contribution is 5.99. The molecule has 0 fully saturated rings. The molecule has 110 valence electrons. The standard InChI is InChI=1S/C14H14FN3O3/c1-8-5-11(9(2)21-8)14(20)17-7-13(19)18-12-4-3-10(15)6-16-12/h3-6H,7H2,1-2H3,(H,17,20)(H,16,18,19). The predicted octanol–water partition coefficient (Wildman–Crippen LogP) is 1.80. The van der Waals surface area contributed by atoms with Gasteiger partial charge < -0.3 is 15.1 Å². The Bertz CT molecular complexity index is 665. The lowest BCUT2D eigenvalue weighted by molar-refractivity contribution is -0.115. The van der Waals surface area contributed by atoms with Crippen molar-refractivity contribution >= 4 is 17.6 Å². The van der Waals surface area contributed by atoms with Gasteiger partial charge in [0.05, 0.1) is 18.3 Å². The smallest absolute Gasteiger partial charge is 0.255 e. The van der Waals surface area contributed by atoms with Crippen LogP contribution in [0.2, 0.25) is 0 Å². The number of carbonyl (C=O) groups is 2. The zero-order valence-electron chi connectivity index (χ0n) is 11.6. The Balaban J connectivity index is 1.88. The van der Waals surface area contributed by atoms with Gasteiger partial charge in [-0.1, -0.05) is 0 Å². The Morgan fingerprint density at radius 3 is 2.67 bits per heavy atom. The van der Waals surface area contributed by atoms with Gasteiger partial charge in [-0.05, 0) is 32.0 Å². The molecule has 0 aromatic carbocycles. The van der Waals surface area contributed by atoms with Gasteiger partial charge in [-0.15, -0.1) is 0 Å². The lowest BCUT2D eigenvalue weighted by Gasteiger charge is -2.05. The molecule has 2 aromatic rings. The maximum atomic E-state index is 12.7. The van der Waals surface area contributed by atoms with E-state index in [0.717, 1.165) is 6.20 Å². The number of furan rings is 1. The highest BCUT2D eigenvalue weighted by Crippen LogP contribution is 2.13. The number of nitrogens with zero attached hydrogens (tertiary/aromatic N) is 1. The average Bonchev–Trinajstić information content (AvgIpc) is 2.78. The van der Waals surface area contributed by atoms with Gasteiger partial charge in [0.2, 0.25) is 5.91 Å². The summed E-state index contributed by atoms with van der Waals surface area (Å²) < 4.78 is 17.9. The predicted molar refractivity (Wildman–Crippen MR) is 73.3 cm³/mol. The fourth-order valence-electron chi connectivity index (χ4n) is 1.75. The van der Waals surface area contributed by atoms with E-state index < -0.39 is 17.6 Å². The summed E-state index contributed by atoms with van der Waals surface area (Å²) in [6, 6.07) is 4.11. The quantitative estimate of drug-likeness (QED) is 0.899. The maximum absolute atomic E-state index is 12.7. The van der Waals surface area contributed by atoms with Gasteiger partial charge in [-0.25, -0.2) is 9.37 Å². The molecule has 2 aromatic heterocycles. The molecule has 0 saturated carbocycles. The van der Waals surface area contributed by atoms with Crippen LogP contribution in [0.25, 0.3) is 0 Å². The Labute approximate surface area is 120 Å². The minimum absolute atomic E-state index is 0.214. The summed E-state index contributed by atoms with van der Waals surface area (Å²) in [5, 5.41) is 4.91. The van der Waals surface area contributed by atoms with Crippen molar-refractivity contribution in [1.82, 2.24) is 10.3 Å². The molecule has 6 nitrogen and oxygen atoms in total. The van der Waals surface area contributed by atoms with E-state index in [-0.39, 0.29) is 12.4 Å². The van der Waals surface area contributed by atoms with E-state index in [1.165, 1.54) is 12.1 Å². The summed E-state index contributed by atoms with van der Waals surface area (Å²) in [5.74, 6) is -0.0202. The van der Waals surface area contributed by atoms with E-state index in [0.29, 0.717) is 17.1 Å². The maximum Gasteiger partial charge on any atom is 0.255 e. The Morgan fingerprint density at radius 2 is 2.10 bits per heavy atom. The van der Waals surface area contributed by atoms with Crippen LogP contribution in [0.5, 0.6) is 0 Å². The molecule has 0 aliphatic carbocycles. The van der Waals surface area contributed by atoms with Gasteiger partial charge >= 0.3 is 0 Å². The summed E-state index contributed by atoms with van der Waals surface area (Å²) in [6.07, 6.45) is 0.992. The first-order valence-electron chi connectivity index (χ1n) is 6.22. The molecule has 2 heterocycles. The van der Waals surface area contributed by atoms with Crippen molar-refractivity contribution in [3.05, 3.63) is 47.3 Å². The number of hydrogen-bond donors (Lipinski definition) is 2. The first-order valence-corrected chi connectivity index (χ1v) is 6.22. The second-order valence-corrected chi connectivity index (χ2v) is 4.42. The second-order valence-electron chi connectivity index (χ2n) is 4.42. The van der Waals surface area contributed by atoms with Crippen LogP contribution in [0.1, 0.15) is 21.9 Å². The lowest BCUT2D eigenvalue weighted by atomic mass is 10.2. The zero-order valence-corrected chi connectivity index (χ0v) is 11.6. The van der Waals surface area contributed by atoms with Crippen molar-refractivity contribution in [2.45, 2.75) is 13.8 Å². The van der Waals surface area contributed by atoms with Gasteiger partial charge in [0.1, 0.15) is 23.2 Å². The molecule has 21 heavy (non-hydrogen) atoms. The second kappa shape index (κ2) is 6.17. The molecule has 0 aliphatic heterocycles.